The zero-order chi connectivity index (χ0) is 16.2. The van der Waals surface area contributed by atoms with E-state index in [2.05, 4.69) is 10.2 Å². The molecule has 1 fully saturated rings. The summed E-state index contributed by atoms with van der Waals surface area (Å²) in [6.45, 7) is 3.30. The number of hydrogen-bond acceptors (Lipinski definition) is 5. The first kappa shape index (κ1) is 15.6. The Morgan fingerprint density at radius 1 is 1.17 bits per heavy atom. The quantitative estimate of drug-likeness (QED) is 0.854. The van der Waals surface area contributed by atoms with Gasteiger partial charge in [-0.1, -0.05) is 29.8 Å². The second-order valence-corrected chi connectivity index (χ2v) is 5.65. The van der Waals surface area contributed by atoms with Gasteiger partial charge in [-0.05, 0) is 31.4 Å². The lowest BCUT2D eigenvalue weighted by Gasteiger charge is -2.16. The van der Waals surface area contributed by atoms with E-state index in [0.29, 0.717) is 18.8 Å². The molecule has 0 radical (unpaired) electrons. The highest BCUT2D eigenvalue weighted by Crippen LogP contribution is 2.32. The Balaban J connectivity index is 1.83. The molecule has 1 aromatic carbocycles. The van der Waals surface area contributed by atoms with Crippen LogP contribution in [0.25, 0.3) is 0 Å². The number of halogens is 1. The lowest BCUT2D eigenvalue weighted by atomic mass is 10.2. The number of nitrogens with zero attached hydrogens (tertiary/aromatic N) is 3. The topological polar surface area (TPSA) is 64.6 Å². The van der Waals surface area contributed by atoms with Crippen LogP contribution in [-0.4, -0.2) is 34.3 Å². The van der Waals surface area contributed by atoms with Gasteiger partial charge in [-0.3, -0.25) is 0 Å². The molecule has 0 aliphatic carbocycles. The lowest BCUT2D eigenvalue weighted by Crippen LogP contribution is -2.30. The number of aryl methyl sites for hydroxylation is 1. The largest absolute Gasteiger partial charge is 0.435 e. The second-order valence-electron chi connectivity index (χ2n) is 5.27. The fraction of sp³-hybridized carbons (Fsp3) is 0.312. The van der Waals surface area contributed by atoms with Gasteiger partial charge in [-0.25, -0.2) is 4.79 Å². The Hall–Kier alpha value is -2.34. The first-order valence-electron chi connectivity index (χ1n) is 7.37. The van der Waals surface area contributed by atoms with Gasteiger partial charge in [0.1, 0.15) is 5.75 Å². The third-order valence-corrected chi connectivity index (χ3v) is 3.74. The molecule has 1 aliphatic heterocycles. The zero-order valence-electron chi connectivity index (χ0n) is 12.7. The molecular weight excluding hydrogens is 318 g/mol. The number of rotatable bonds is 3. The number of hydrogen-bond donors (Lipinski definition) is 0. The fourth-order valence-electron chi connectivity index (χ4n) is 2.32. The van der Waals surface area contributed by atoms with Crippen molar-refractivity contribution >= 4 is 17.7 Å². The van der Waals surface area contributed by atoms with Crippen molar-refractivity contribution in [1.82, 2.24) is 15.1 Å². The second kappa shape index (κ2) is 6.83. The minimum Gasteiger partial charge on any atom is -0.435 e. The van der Waals surface area contributed by atoms with E-state index in [1.807, 2.05) is 25.1 Å². The average molecular weight is 334 g/mol. The molecular formula is C16H16ClN3O3. The number of likely N-dealkylation sites (tertiary alicyclic amines) is 1. The van der Waals surface area contributed by atoms with Crippen LogP contribution in [-0.2, 0) is 0 Å². The molecule has 1 amide bonds. The predicted octanol–water partition coefficient (Wildman–Crippen LogP) is 3.83. The predicted molar refractivity (Wildman–Crippen MR) is 85.1 cm³/mol. The fourth-order valence-corrected chi connectivity index (χ4v) is 2.46. The molecule has 2 aromatic rings. The monoisotopic (exact) mass is 333 g/mol. The number of amides is 1. The van der Waals surface area contributed by atoms with Gasteiger partial charge in [0.15, 0.2) is 10.9 Å². The SMILES string of the molecule is Cc1ccccc1Oc1nnc(Cl)cc1OC(=O)N1CCCC1. The van der Waals surface area contributed by atoms with Gasteiger partial charge in [-0.15, -0.1) is 10.2 Å². The van der Waals surface area contributed by atoms with Gasteiger partial charge >= 0.3 is 6.09 Å². The molecule has 7 heteroatoms. The van der Waals surface area contributed by atoms with E-state index in [4.69, 9.17) is 21.1 Å². The van der Waals surface area contributed by atoms with Crippen molar-refractivity contribution in [2.45, 2.75) is 19.8 Å². The molecule has 0 atom stereocenters. The summed E-state index contributed by atoms with van der Waals surface area (Å²) in [4.78, 5) is 13.8. The van der Waals surface area contributed by atoms with Gasteiger partial charge in [-0.2, -0.15) is 0 Å². The molecule has 0 unspecified atom stereocenters. The van der Waals surface area contributed by atoms with Crippen LogP contribution < -0.4 is 9.47 Å². The third-order valence-electron chi connectivity index (χ3n) is 3.56. The van der Waals surface area contributed by atoms with Crippen molar-refractivity contribution in [3.8, 4) is 17.4 Å². The molecule has 1 saturated heterocycles. The molecule has 1 aliphatic rings. The van der Waals surface area contributed by atoms with Gasteiger partial charge in [0.2, 0.25) is 0 Å². The van der Waals surface area contributed by atoms with Crippen molar-refractivity contribution in [2.24, 2.45) is 0 Å². The number of ether oxygens (including phenoxy) is 2. The number of para-hydroxylation sites is 1. The van der Waals surface area contributed by atoms with Crippen LogP contribution in [0.3, 0.4) is 0 Å². The normalized spacial score (nSPS) is 13.9. The van der Waals surface area contributed by atoms with Crippen molar-refractivity contribution in [1.29, 1.82) is 0 Å². The standard InChI is InChI=1S/C16H16ClN3O3/c1-11-6-2-3-7-12(11)22-15-13(10-14(17)18-19-15)23-16(21)20-8-4-5-9-20/h2-3,6-7,10H,4-5,8-9H2,1H3. The summed E-state index contributed by atoms with van der Waals surface area (Å²) in [6, 6.07) is 8.90. The van der Waals surface area contributed by atoms with Crippen LogP contribution in [0.15, 0.2) is 30.3 Å². The lowest BCUT2D eigenvalue weighted by molar-refractivity contribution is 0.161. The number of carbonyl (C=O) groups is 1. The molecule has 1 aromatic heterocycles. The van der Waals surface area contributed by atoms with E-state index in [1.54, 1.807) is 11.0 Å². The maximum atomic E-state index is 12.2. The van der Waals surface area contributed by atoms with E-state index in [0.717, 1.165) is 18.4 Å². The summed E-state index contributed by atoms with van der Waals surface area (Å²) in [5.41, 5.74) is 0.932. The minimum absolute atomic E-state index is 0.108. The van der Waals surface area contributed by atoms with E-state index in [9.17, 15) is 4.79 Å². The summed E-state index contributed by atoms with van der Waals surface area (Å²) in [5, 5.41) is 7.78. The van der Waals surface area contributed by atoms with Gasteiger partial charge in [0.25, 0.3) is 5.88 Å². The zero-order valence-corrected chi connectivity index (χ0v) is 13.4. The number of carbonyl (C=O) groups excluding carboxylic acids is 1. The first-order valence-corrected chi connectivity index (χ1v) is 7.75. The van der Waals surface area contributed by atoms with Crippen molar-refractivity contribution in [3.05, 3.63) is 41.0 Å². The summed E-state index contributed by atoms with van der Waals surface area (Å²) in [5.74, 6) is 0.879. The van der Waals surface area contributed by atoms with Crippen LogP contribution >= 0.6 is 11.6 Å². The molecule has 0 bridgehead atoms. The minimum atomic E-state index is -0.429. The molecule has 120 valence electrons. The molecule has 3 rings (SSSR count). The summed E-state index contributed by atoms with van der Waals surface area (Å²) >= 11 is 5.86. The van der Waals surface area contributed by atoms with Gasteiger partial charge in [0.05, 0.1) is 0 Å². The molecule has 0 saturated carbocycles. The molecule has 2 heterocycles. The van der Waals surface area contributed by atoms with E-state index >= 15 is 0 Å². The Morgan fingerprint density at radius 2 is 1.91 bits per heavy atom. The van der Waals surface area contributed by atoms with Crippen LogP contribution in [0.5, 0.6) is 17.4 Å². The molecule has 23 heavy (non-hydrogen) atoms. The van der Waals surface area contributed by atoms with E-state index < -0.39 is 6.09 Å². The van der Waals surface area contributed by atoms with Crippen LogP contribution in [0.4, 0.5) is 4.79 Å². The maximum Gasteiger partial charge on any atom is 0.415 e. The van der Waals surface area contributed by atoms with Crippen molar-refractivity contribution in [2.75, 3.05) is 13.1 Å². The van der Waals surface area contributed by atoms with Crippen molar-refractivity contribution in [3.63, 3.8) is 0 Å². The third kappa shape index (κ3) is 3.71. The van der Waals surface area contributed by atoms with Gasteiger partial charge in [0, 0.05) is 19.2 Å². The Labute approximate surface area is 139 Å². The Kier molecular flexibility index (Phi) is 4.62. The van der Waals surface area contributed by atoms with Crippen LogP contribution in [0.2, 0.25) is 5.15 Å². The highest BCUT2D eigenvalue weighted by Gasteiger charge is 2.22. The summed E-state index contributed by atoms with van der Waals surface area (Å²) < 4.78 is 11.1. The number of benzene rings is 1. The average Bonchev–Trinajstić information content (AvgIpc) is 3.06. The molecule has 0 spiro atoms. The molecule has 0 N–H and O–H groups in total. The Bertz CT molecular complexity index is 717. The highest BCUT2D eigenvalue weighted by molar-refractivity contribution is 6.29. The van der Waals surface area contributed by atoms with Crippen LogP contribution in [0.1, 0.15) is 18.4 Å². The maximum absolute atomic E-state index is 12.2. The van der Waals surface area contributed by atoms with E-state index in [-0.39, 0.29) is 16.8 Å². The first-order chi connectivity index (χ1) is 11.1. The smallest absolute Gasteiger partial charge is 0.415 e. The van der Waals surface area contributed by atoms with Crippen molar-refractivity contribution < 1.29 is 14.3 Å². The number of aromatic nitrogens is 2. The summed E-state index contributed by atoms with van der Waals surface area (Å²) in [7, 11) is 0. The summed E-state index contributed by atoms with van der Waals surface area (Å²) in [6.07, 6.45) is 1.54. The Morgan fingerprint density at radius 3 is 2.65 bits per heavy atom. The van der Waals surface area contributed by atoms with Gasteiger partial charge < -0.3 is 14.4 Å². The van der Waals surface area contributed by atoms with Crippen LogP contribution in [0, 0.1) is 6.92 Å². The molecule has 6 nitrogen and oxygen atoms in total. The highest BCUT2D eigenvalue weighted by atomic mass is 35.5. The van der Waals surface area contributed by atoms with E-state index in [1.165, 1.54) is 6.07 Å².